The molecule has 12 nitrogen and oxygen atoms in total. The maximum absolute atomic E-state index is 11.5. The highest BCUT2D eigenvalue weighted by Crippen LogP contribution is 2.28. The molecule has 1 aliphatic rings. The van der Waals surface area contributed by atoms with Crippen molar-refractivity contribution in [2.45, 2.75) is 24.5 Å². The molecule has 1 amide bonds. The van der Waals surface area contributed by atoms with Crippen molar-refractivity contribution < 1.29 is 34.0 Å². The number of likely N-dealkylation sites (N-methyl/N-ethyl adjacent to an activating group) is 1. The van der Waals surface area contributed by atoms with Gasteiger partial charge in [-0.2, -0.15) is 0 Å². The summed E-state index contributed by atoms with van der Waals surface area (Å²) in [5, 5.41) is 23.8. The van der Waals surface area contributed by atoms with E-state index in [4.69, 9.17) is 19.9 Å². The minimum absolute atomic E-state index is 0.153. The minimum Gasteiger partial charge on any atom is -0.433 e. The Bertz CT molecular complexity index is 607. The summed E-state index contributed by atoms with van der Waals surface area (Å²) in [4.78, 5) is 28.0. The molecular formula is C13H21N5O7. The highest BCUT2D eigenvalue weighted by atomic mass is 16.7. The molecule has 2 rings (SSSR count). The van der Waals surface area contributed by atoms with E-state index in [1.807, 2.05) is 19.0 Å². The number of carbonyl (C=O) groups excluding carboxylic acids is 2. The molecule has 4 atom stereocenters. The Hall–Kier alpha value is -2.28. The second-order valence-electron chi connectivity index (χ2n) is 5.67. The molecule has 4 N–H and O–H groups in total. The maximum Gasteiger partial charge on any atom is 0.508 e. The van der Waals surface area contributed by atoms with Crippen molar-refractivity contribution in [3.63, 3.8) is 0 Å². The third-order valence-corrected chi connectivity index (χ3v) is 3.45. The lowest BCUT2D eigenvalue weighted by molar-refractivity contribution is -0.0674. The number of nitrogens with zero attached hydrogens (tertiary/aromatic N) is 4. The van der Waals surface area contributed by atoms with Gasteiger partial charge in [0.15, 0.2) is 6.23 Å². The fourth-order valence-corrected chi connectivity index (χ4v) is 2.10. The predicted octanol–water partition coefficient (Wildman–Crippen LogP) is -2.29. The van der Waals surface area contributed by atoms with Crippen LogP contribution >= 0.6 is 0 Å². The first-order valence-corrected chi connectivity index (χ1v) is 7.46. The first-order valence-electron chi connectivity index (χ1n) is 7.46. The SMILES string of the molecule is CN(C)CCOC(=O)OCC1OC(n2cnc(C(N)=O)n2)[C@H](O)C1O. The smallest absolute Gasteiger partial charge is 0.433 e. The second kappa shape index (κ2) is 8.20. The normalized spacial score (nSPS) is 26.0. The van der Waals surface area contributed by atoms with Crippen molar-refractivity contribution in [2.75, 3.05) is 33.9 Å². The van der Waals surface area contributed by atoms with E-state index in [0.717, 1.165) is 11.0 Å². The molecule has 1 aromatic rings. The fourth-order valence-electron chi connectivity index (χ4n) is 2.10. The third kappa shape index (κ3) is 4.85. The first-order chi connectivity index (χ1) is 11.8. The van der Waals surface area contributed by atoms with Crippen LogP contribution in [-0.4, -0.2) is 94.1 Å². The second-order valence-corrected chi connectivity index (χ2v) is 5.67. The van der Waals surface area contributed by atoms with Crippen LogP contribution in [-0.2, 0) is 14.2 Å². The van der Waals surface area contributed by atoms with Gasteiger partial charge in [-0.3, -0.25) is 4.79 Å². The number of amides is 1. The van der Waals surface area contributed by atoms with Crippen LogP contribution in [0.2, 0.25) is 0 Å². The summed E-state index contributed by atoms with van der Waals surface area (Å²) in [6.45, 7) is 0.361. The van der Waals surface area contributed by atoms with E-state index in [0.29, 0.717) is 6.54 Å². The van der Waals surface area contributed by atoms with Crippen LogP contribution in [0.25, 0.3) is 0 Å². The van der Waals surface area contributed by atoms with Gasteiger partial charge in [0.05, 0.1) is 0 Å². The van der Waals surface area contributed by atoms with Crippen LogP contribution < -0.4 is 5.73 Å². The van der Waals surface area contributed by atoms with E-state index in [9.17, 15) is 19.8 Å². The summed E-state index contributed by atoms with van der Waals surface area (Å²) in [5.41, 5.74) is 5.05. The maximum atomic E-state index is 11.5. The molecule has 0 spiro atoms. The highest BCUT2D eigenvalue weighted by molar-refractivity contribution is 5.88. The zero-order chi connectivity index (χ0) is 18.6. The Labute approximate surface area is 143 Å². The van der Waals surface area contributed by atoms with E-state index in [1.165, 1.54) is 0 Å². The van der Waals surface area contributed by atoms with Crippen molar-refractivity contribution >= 4 is 12.1 Å². The largest absolute Gasteiger partial charge is 0.508 e. The topological polar surface area (TPSA) is 162 Å². The predicted molar refractivity (Wildman–Crippen MR) is 80.3 cm³/mol. The van der Waals surface area contributed by atoms with Crippen LogP contribution in [0.3, 0.4) is 0 Å². The quantitative estimate of drug-likeness (QED) is 0.452. The van der Waals surface area contributed by atoms with Gasteiger partial charge in [-0.15, -0.1) is 5.10 Å². The lowest BCUT2D eigenvalue weighted by Crippen LogP contribution is -2.34. The van der Waals surface area contributed by atoms with Gasteiger partial charge in [0.2, 0.25) is 5.82 Å². The summed E-state index contributed by atoms with van der Waals surface area (Å²) in [6, 6.07) is 0. The van der Waals surface area contributed by atoms with Crippen molar-refractivity contribution in [1.82, 2.24) is 19.7 Å². The van der Waals surface area contributed by atoms with Crippen LogP contribution in [0.4, 0.5) is 4.79 Å². The Morgan fingerprint density at radius 2 is 2.08 bits per heavy atom. The molecule has 1 aliphatic heterocycles. The minimum atomic E-state index is -1.36. The summed E-state index contributed by atoms with van der Waals surface area (Å²) in [5.74, 6) is -1.10. The summed E-state index contributed by atoms with van der Waals surface area (Å²) >= 11 is 0. The fraction of sp³-hybridized carbons (Fsp3) is 0.692. The van der Waals surface area contributed by atoms with Gasteiger partial charge in [-0.1, -0.05) is 0 Å². The summed E-state index contributed by atoms with van der Waals surface area (Å²) in [6.07, 6.45) is -4.56. The molecule has 140 valence electrons. The first kappa shape index (κ1) is 19.1. The molecule has 0 aromatic carbocycles. The Balaban J connectivity index is 1.86. The number of hydrogen-bond donors (Lipinski definition) is 3. The Kier molecular flexibility index (Phi) is 6.25. The van der Waals surface area contributed by atoms with E-state index in [2.05, 4.69) is 10.1 Å². The zero-order valence-electron chi connectivity index (χ0n) is 13.8. The van der Waals surface area contributed by atoms with Gasteiger partial charge < -0.3 is 35.1 Å². The molecule has 1 saturated heterocycles. The number of hydrogen-bond acceptors (Lipinski definition) is 10. The highest BCUT2D eigenvalue weighted by Gasteiger charge is 2.45. The number of aliphatic hydroxyl groups excluding tert-OH is 2. The number of aliphatic hydroxyl groups is 2. The number of nitrogens with two attached hydrogens (primary N) is 1. The van der Waals surface area contributed by atoms with Crippen molar-refractivity contribution in [3.05, 3.63) is 12.2 Å². The van der Waals surface area contributed by atoms with Crippen molar-refractivity contribution in [1.29, 1.82) is 0 Å². The van der Waals surface area contributed by atoms with Crippen LogP contribution in [0.15, 0.2) is 6.33 Å². The van der Waals surface area contributed by atoms with Gasteiger partial charge in [0.1, 0.15) is 37.9 Å². The van der Waals surface area contributed by atoms with Crippen molar-refractivity contribution in [2.24, 2.45) is 5.73 Å². The number of carbonyl (C=O) groups is 2. The molecule has 0 saturated carbocycles. The number of ether oxygens (including phenoxy) is 3. The van der Waals surface area contributed by atoms with E-state index in [1.54, 1.807) is 0 Å². The Morgan fingerprint density at radius 1 is 1.36 bits per heavy atom. The molecule has 0 aliphatic carbocycles. The molecule has 3 unspecified atom stereocenters. The van der Waals surface area contributed by atoms with Gasteiger partial charge in [-0.25, -0.2) is 14.5 Å². The van der Waals surface area contributed by atoms with E-state index in [-0.39, 0.29) is 19.0 Å². The lowest BCUT2D eigenvalue weighted by Gasteiger charge is -2.15. The third-order valence-electron chi connectivity index (χ3n) is 3.45. The average molecular weight is 359 g/mol. The van der Waals surface area contributed by atoms with Gasteiger partial charge in [0, 0.05) is 6.54 Å². The van der Waals surface area contributed by atoms with Gasteiger partial charge >= 0.3 is 6.16 Å². The molecule has 25 heavy (non-hydrogen) atoms. The monoisotopic (exact) mass is 359 g/mol. The van der Waals surface area contributed by atoms with Gasteiger partial charge in [-0.05, 0) is 14.1 Å². The molecule has 2 heterocycles. The number of rotatable bonds is 7. The van der Waals surface area contributed by atoms with Crippen LogP contribution in [0.5, 0.6) is 0 Å². The lowest BCUT2D eigenvalue weighted by atomic mass is 10.1. The van der Waals surface area contributed by atoms with E-state index < -0.39 is 36.6 Å². The molecule has 1 aromatic heterocycles. The Morgan fingerprint density at radius 3 is 2.68 bits per heavy atom. The van der Waals surface area contributed by atoms with Crippen LogP contribution in [0, 0.1) is 0 Å². The number of aromatic nitrogens is 3. The van der Waals surface area contributed by atoms with Crippen LogP contribution in [0.1, 0.15) is 16.8 Å². The average Bonchev–Trinajstić information content (AvgIpc) is 3.12. The molecule has 1 fully saturated rings. The number of primary amides is 1. The molecule has 0 bridgehead atoms. The molecule has 12 heteroatoms. The van der Waals surface area contributed by atoms with E-state index >= 15 is 0 Å². The summed E-state index contributed by atoms with van der Waals surface area (Å²) < 4.78 is 16.2. The van der Waals surface area contributed by atoms with Crippen molar-refractivity contribution in [3.8, 4) is 0 Å². The molecule has 0 radical (unpaired) electrons. The standard InChI is InChI=1S/C13H21N5O7/c1-17(2)3-4-23-13(22)24-5-7-8(19)9(20)12(25-7)18-6-15-11(16-18)10(14)21/h6-9,12,19-20H,3-5H2,1-2H3,(H2,14,21)/t7?,8?,9-,12?/m1/s1. The zero-order valence-corrected chi connectivity index (χ0v) is 13.8. The summed E-state index contributed by atoms with van der Waals surface area (Å²) in [7, 11) is 3.65. The molecular weight excluding hydrogens is 338 g/mol. The van der Waals surface area contributed by atoms with Gasteiger partial charge in [0.25, 0.3) is 5.91 Å².